The van der Waals surface area contributed by atoms with Gasteiger partial charge in [-0.3, -0.25) is 4.90 Å². The summed E-state index contributed by atoms with van der Waals surface area (Å²) in [7, 11) is 0. The van der Waals surface area contributed by atoms with Gasteiger partial charge < -0.3 is 4.74 Å². The number of anilines is 3. The molecule has 0 fully saturated rings. The Labute approximate surface area is 193 Å². The molecule has 0 radical (unpaired) electrons. The van der Waals surface area contributed by atoms with Crippen molar-refractivity contribution < 1.29 is 4.74 Å². The number of aromatic nitrogens is 2. The van der Waals surface area contributed by atoms with Gasteiger partial charge >= 0.3 is 0 Å². The van der Waals surface area contributed by atoms with Gasteiger partial charge in [-0.1, -0.05) is 63.6 Å². The van der Waals surface area contributed by atoms with Gasteiger partial charge in [0.05, 0.1) is 18.0 Å². The van der Waals surface area contributed by atoms with Crippen molar-refractivity contribution in [2.45, 2.75) is 39.0 Å². The molecule has 0 N–H and O–H groups in total. The Morgan fingerprint density at radius 1 is 0.875 bits per heavy atom. The highest BCUT2D eigenvalue weighted by atomic mass is 32.1. The van der Waals surface area contributed by atoms with E-state index in [-0.39, 0.29) is 5.41 Å². The zero-order chi connectivity index (χ0) is 22.1. The second kappa shape index (κ2) is 8.40. The van der Waals surface area contributed by atoms with E-state index in [0.717, 1.165) is 47.1 Å². The van der Waals surface area contributed by atoms with E-state index >= 15 is 0 Å². The van der Waals surface area contributed by atoms with Crippen molar-refractivity contribution in [2.75, 3.05) is 11.5 Å². The molecule has 0 bridgehead atoms. The molecule has 4 aromatic rings. The van der Waals surface area contributed by atoms with Crippen LogP contribution in [0.3, 0.4) is 0 Å². The average Bonchev–Trinajstić information content (AvgIpc) is 3.30. The topological polar surface area (TPSA) is 38.2 Å². The molecule has 0 saturated heterocycles. The summed E-state index contributed by atoms with van der Waals surface area (Å²) in [6.07, 6.45) is 2.20. The number of hydrogen-bond donors (Lipinski definition) is 0. The normalized spacial score (nSPS) is 14.0. The van der Waals surface area contributed by atoms with Crippen molar-refractivity contribution in [2.24, 2.45) is 0 Å². The molecule has 3 aromatic carbocycles. The first-order valence-corrected chi connectivity index (χ1v) is 11.9. The van der Waals surface area contributed by atoms with E-state index in [2.05, 4.69) is 86.3 Å². The van der Waals surface area contributed by atoms with Crippen LogP contribution in [-0.2, 0) is 5.41 Å². The number of para-hydroxylation sites is 2. The third-order valence-corrected chi connectivity index (χ3v) is 6.87. The molecule has 1 aliphatic heterocycles. The molecule has 2 heterocycles. The molecule has 0 unspecified atom stereocenters. The summed E-state index contributed by atoms with van der Waals surface area (Å²) in [5.74, 6) is 1.61. The molecule has 0 atom stereocenters. The zero-order valence-corrected chi connectivity index (χ0v) is 19.5. The van der Waals surface area contributed by atoms with Crippen LogP contribution in [0.4, 0.5) is 17.3 Å². The van der Waals surface area contributed by atoms with Gasteiger partial charge in [0.1, 0.15) is 10.8 Å². The van der Waals surface area contributed by atoms with E-state index in [1.807, 2.05) is 12.1 Å². The first-order chi connectivity index (χ1) is 15.6. The van der Waals surface area contributed by atoms with Gasteiger partial charge in [-0.25, -0.2) is 0 Å². The highest BCUT2D eigenvalue weighted by Gasteiger charge is 2.37. The highest BCUT2D eigenvalue weighted by Crippen LogP contribution is 2.51. The van der Waals surface area contributed by atoms with Crippen LogP contribution in [0, 0.1) is 0 Å². The number of nitrogens with zero attached hydrogens (tertiary/aromatic N) is 3. The van der Waals surface area contributed by atoms with Gasteiger partial charge in [0.25, 0.3) is 0 Å². The van der Waals surface area contributed by atoms with Crippen LogP contribution < -0.4 is 9.64 Å². The highest BCUT2D eigenvalue weighted by molar-refractivity contribution is 7.09. The fraction of sp³-hybridized carbons (Fsp3) is 0.259. The van der Waals surface area contributed by atoms with Gasteiger partial charge in [0.2, 0.25) is 5.95 Å². The summed E-state index contributed by atoms with van der Waals surface area (Å²) in [6.45, 7) is 7.49. The minimum atomic E-state index is -0.0872. The fourth-order valence-corrected chi connectivity index (χ4v) is 4.99. The van der Waals surface area contributed by atoms with Crippen LogP contribution in [-0.4, -0.2) is 16.0 Å². The first kappa shape index (κ1) is 20.7. The molecular formula is C27H27N3OS. The van der Waals surface area contributed by atoms with Gasteiger partial charge in [-0.2, -0.15) is 9.36 Å². The van der Waals surface area contributed by atoms with Crippen LogP contribution in [0.15, 0.2) is 72.8 Å². The minimum absolute atomic E-state index is 0.0872. The summed E-state index contributed by atoms with van der Waals surface area (Å²) >= 11 is 1.43. The molecule has 32 heavy (non-hydrogen) atoms. The van der Waals surface area contributed by atoms with Crippen molar-refractivity contribution in [3.63, 3.8) is 0 Å². The molecule has 1 aromatic heterocycles. The van der Waals surface area contributed by atoms with E-state index in [0.29, 0.717) is 5.95 Å². The van der Waals surface area contributed by atoms with Crippen molar-refractivity contribution in [3.05, 3.63) is 83.9 Å². The summed E-state index contributed by atoms with van der Waals surface area (Å²) in [6, 6.07) is 25.3. The van der Waals surface area contributed by atoms with Crippen LogP contribution in [0.25, 0.3) is 10.6 Å². The third kappa shape index (κ3) is 3.56. The molecule has 5 rings (SSSR count). The lowest BCUT2D eigenvalue weighted by molar-refractivity contribution is 0.309. The summed E-state index contributed by atoms with van der Waals surface area (Å²) in [5, 5.41) is 0.903. The predicted molar refractivity (Wildman–Crippen MR) is 133 cm³/mol. The smallest absolute Gasteiger partial charge is 0.247 e. The van der Waals surface area contributed by atoms with Crippen LogP contribution in [0.2, 0.25) is 0 Å². The van der Waals surface area contributed by atoms with Crippen LogP contribution >= 0.6 is 11.5 Å². The van der Waals surface area contributed by atoms with Crippen molar-refractivity contribution in [1.29, 1.82) is 0 Å². The van der Waals surface area contributed by atoms with E-state index < -0.39 is 0 Å². The SMILES string of the molecule is CCCCOc1ccc(-c2nc(N3c4ccccc4C(C)(C)c4ccccc43)ns2)cc1. The summed E-state index contributed by atoms with van der Waals surface area (Å²) in [4.78, 5) is 7.14. The number of fused-ring (bicyclic) bond motifs is 2. The second-order valence-electron chi connectivity index (χ2n) is 8.62. The maximum Gasteiger partial charge on any atom is 0.247 e. The van der Waals surface area contributed by atoms with Crippen molar-refractivity contribution in [3.8, 4) is 16.3 Å². The Bertz CT molecular complexity index is 1180. The Morgan fingerprint density at radius 3 is 2.12 bits per heavy atom. The number of unbranched alkanes of at least 4 members (excludes halogenated alkanes) is 1. The molecule has 4 nitrogen and oxygen atoms in total. The molecule has 0 aliphatic carbocycles. The largest absolute Gasteiger partial charge is 0.494 e. The zero-order valence-electron chi connectivity index (χ0n) is 18.7. The fourth-order valence-electron chi connectivity index (χ4n) is 4.34. The average molecular weight is 442 g/mol. The molecule has 162 valence electrons. The van der Waals surface area contributed by atoms with Crippen LogP contribution in [0.1, 0.15) is 44.7 Å². The Balaban J connectivity index is 1.51. The monoisotopic (exact) mass is 441 g/mol. The standard InChI is InChI=1S/C27H27N3OS/c1-4-5-18-31-20-16-14-19(15-17-20)25-28-26(29-32-25)30-23-12-8-6-10-21(23)27(2,3)22-11-7-9-13-24(22)30/h6-17H,4-5,18H2,1-3H3. The summed E-state index contributed by atoms with van der Waals surface area (Å²) in [5.41, 5.74) is 5.80. The van der Waals surface area contributed by atoms with Gasteiger partial charge in [0, 0.05) is 11.0 Å². The van der Waals surface area contributed by atoms with Gasteiger partial charge in [-0.05, 0) is 65.5 Å². The van der Waals surface area contributed by atoms with Crippen molar-refractivity contribution in [1.82, 2.24) is 9.36 Å². The van der Waals surface area contributed by atoms with E-state index in [4.69, 9.17) is 14.1 Å². The van der Waals surface area contributed by atoms with Crippen molar-refractivity contribution >= 4 is 28.9 Å². The number of rotatable bonds is 6. The van der Waals surface area contributed by atoms with E-state index in [1.54, 1.807) is 0 Å². The van der Waals surface area contributed by atoms with Gasteiger partial charge in [0.15, 0.2) is 0 Å². The van der Waals surface area contributed by atoms with E-state index in [9.17, 15) is 0 Å². The minimum Gasteiger partial charge on any atom is -0.494 e. The predicted octanol–water partition coefficient (Wildman–Crippen LogP) is 7.49. The Morgan fingerprint density at radius 2 is 1.50 bits per heavy atom. The Hall–Kier alpha value is -3.18. The first-order valence-electron chi connectivity index (χ1n) is 11.2. The molecular weight excluding hydrogens is 414 g/mol. The lowest BCUT2D eigenvalue weighted by Crippen LogP contribution is -2.30. The lowest BCUT2D eigenvalue weighted by atomic mass is 9.74. The quantitative estimate of drug-likeness (QED) is 0.290. The molecule has 0 amide bonds. The van der Waals surface area contributed by atoms with Crippen LogP contribution in [0.5, 0.6) is 5.75 Å². The second-order valence-corrected chi connectivity index (χ2v) is 9.37. The van der Waals surface area contributed by atoms with Gasteiger partial charge in [-0.15, -0.1) is 0 Å². The number of benzene rings is 3. The Kier molecular flexibility index (Phi) is 5.43. The lowest BCUT2D eigenvalue weighted by Gasteiger charge is -2.40. The molecule has 0 spiro atoms. The number of hydrogen-bond acceptors (Lipinski definition) is 5. The third-order valence-electron chi connectivity index (χ3n) is 6.12. The molecule has 5 heteroatoms. The maximum absolute atomic E-state index is 5.79. The van der Waals surface area contributed by atoms with E-state index in [1.165, 1.54) is 22.7 Å². The molecule has 1 aliphatic rings. The maximum atomic E-state index is 5.79. The molecule has 0 saturated carbocycles. The summed E-state index contributed by atoms with van der Waals surface area (Å²) < 4.78 is 10.6. The number of ether oxygens (including phenoxy) is 1.